The van der Waals surface area contributed by atoms with Gasteiger partial charge in [-0.2, -0.15) is 0 Å². The van der Waals surface area contributed by atoms with E-state index < -0.39 is 0 Å². The first-order chi connectivity index (χ1) is 5.41. The number of aryl methyl sites for hydroxylation is 2. The molecule has 0 aliphatic carbocycles. The fraction of sp³-hybridized carbons (Fsp3) is 0.545. The number of aromatic nitrogens is 1. The van der Waals surface area contributed by atoms with E-state index in [1.165, 1.54) is 11.1 Å². The van der Waals surface area contributed by atoms with E-state index in [1.807, 2.05) is 13.1 Å². The second-order valence-corrected chi connectivity index (χ2v) is 4.39. The van der Waals surface area contributed by atoms with Crippen LogP contribution in [-0.4, -0.2) is 4.98 Å². The van der Waals surface area contributed by atoms with E-state index in [1.54, 1.807) is 0 Å². The van der Waals surface area contributed by atoms with Gasteiger partial charge in [0.25, 0.3) is 0 Å². The second-order valence-electron chi connectivity index (χ2n) is 4.39. The summed E-state index contributed by atoms with van der Waals surface area (Å²) in [5.74, 6) is 0. The largest absolute Gasteiger partial charge is 0.261 e. The van der Waals surface area contributed by atoms with Crippen molar-refractivity contribution in [3.8, 4) is 0 Å². The van der Waals surface area contributed by atoms with Gasteiger partial charge in [-0.15, -0.1) is 0 Å². The topological polar surface area (TPSA) is 12.9 Å². The Hall–Kier alpha value is -0.850. The highest BCUT2D eigenvalue weighted by Crippen LogP contribution is 2.25. The van der Waals surface area contributed by atoms with Gasteiger partial charge in [-0.05, 0) is 36.5 Å². The molecule has 0 fully saturated rings. The summed E-state index contributed by atoms with van der Waals surface area (Å²) in [6.45, 7) is 10.8. The summed E-state index contributed by atoms with van der Waals surface area (Å²) in [4.78, 5) is 4.25. The first kappa shape index (κ1) is 9.24. The van der Waals surface area contributed by atoms with Crippen LogP contribution in [0.3, 0.4) is 0 Å². The second kappa shape index (κ2) is 2.89. The Balaban J connectivity index is 3.23. The van der Waals surface area contributed by atoms with E-state index in [0.29, 0.717) is 0 Å². The third-order valence-electron chi connectivity index (χ3n) is 2.05. The first-order valence-corrected chi connectivity index (χ1v) is 4.35. The number of pyridine rings is 1. The Bertz CT molecular complexity index is 282. The molecule has 1 rings (SSSR count). The van der Waals surface area contributed by atoms with Crippen molar-refractivity contribution in [3.05, 3.63) is 29.1 Å². The van der Waals surface area contributed by atoms with Crippen molar-refractivity contribution in [1.82, 2.24) is 4.98 Å². The van der Waals surface area contributed by atoms with Crippen LogP contribution in [0.5, 0.6) is 0 Å². The zero-order chi connectivity index (χ0) is 9.35. The van der Waals surface area contributed by atoms with Crippen molar-refractivity contribution in [2.45, 2.75) is 40.0 Å². The average molecular weight is 163 g/mol. The average Bonchev–Trinajstić information content (AvgIpc) is 1.92. The molecule has 1 aromatic heterocycles. The van der Waals surface area contributed by atoms with Crippen LogP contribution >= 0.6 is 0 Å². The third-order valence-corrected chi connectivity index (χ3v) is 2.05. The van der Waals surface area contributed by atoms with E-state index in [2.05, 4.69) is 38.7 Å². The lowest BCUT2D eigenvalue weighted by molar-refractivity contribution is 0.584. The van der Waals surface area contributed by atoms with Crippen LogP contribution in [0.4, 0.5) is 0 Å². The van der Waals surface area contributed by atoms with Gasteiger partial charge in [0.2, 0.25) is 0 Å². The lowest BCUT2D eigenvalue weighted by atomic mass is 9.85. The Morgan fingerprint density at radius 2 is 1.75 bits per heavy atom. The minimum atomic E-state index is 0.234. The summed E-state index contributed by atoms with van der Waals surface area (Å²) >= 11 is 0. The van der Waals surface area contributed by atoms with Gasteiger partial charge in [-0.3, -0.25) is 4.98 Å². The molecule has 0 saturated heterocycles. The molecular weight excluding hydrogens is 146 g/mol. The maximum Gasteiger partial charge on any atom is 0.0375 e. The van der Waals surface area contributed by atoms with Gasteiger partial charge in [0.15, 0.2) is 0 Å². The van der Waals surface area contributed by atoms with Crippen molar-refractivity contribution < 1.29 is 0 Å². The molecule has 0 unspecified atom stereocenters. The van der Waals surface area contributed by atoms with E-state index in [4.69, 9.17) is 0 Å². The highest BCUT2D eigenvalue weighted by molar-refractivity contribution is 5.31. The van der Waals surface area contributed by atoms with Crippen molar-refractivity contribution >= 4 is 0 Å². The monoisotopic (exact) mass is 163 g/mol. The van der Waals surface area contributed by atoms with E-state index in [0.717, 1.165) is 5.69 Å². The standard InChI is InChI=1S/C11H17N/c1-8-7-12-9(2)6-10(8)11(3,4)5/h6-7H,1-5H3. The SMILES string of the molecule is Cc1cc(C(C)(C)C)c(C)cn1. The summed E-state index contributed by atoms with van der Waals surface area (Å²) in [7, 11) is 0. The zero-order valence-corrected chi connectivity index (χ0v) is 8.60. The fourth-order valence-electron chi connectivity index (χ4n) is 1.44. The molecule has 12 heavy (non-hydrogen) atoms. The van der Waals surface area contributed by atoms with Crippen molar-refractivity contribution in [3.63, 3.8) is 0 Å². The molecule has 0 aromatic carbocycles. The number of hydrogen-bond donors (Lipinski definition) is 0. The molecule has 0 radical (unpaired) electrons. The van der Waals surface area contributed by atoms with Crippen LogP contribution in [0.2, 0.25) is 0 Å². The summed E-state index contributed by atoms with van der Waals surface area (Å²) in [5, 5.41) is 0. The highest BCUT2D eigenvalue weighted by Gasteiger charge is 2.15. The molecular formula is C11H17N. The molecule has 0 amide bonds. The van der Waals surface area contributed by atoms with Crippen molar-refractivity contribution in [1.29, 1.82) is 0 Å². The van der Waals surface area contributed by atoms with Gasteiger partial charge < -0.3 is 0 Å². The Morgan fingerprint density at radius 3 is 2.17 bits per heavy atom. The lowest BCUT2D eigenvalue weighted by Gasteiger charge is -2.21. The quantitative estimate of drug-likeness (QED) is 0.573. The third kappa shape index (κ3) is 1.84. The Morgan fingerprint density at radius 1 is 1.17 bits per heavy atom. The van der Waals surface area contributed by atoms with Gasteiger partial charge in [0, 0.05) is 11.9 Å². The molecule has 0 spiro atoms. The van der Waals surface area contributed by atoms with Crippen molar-refractivity contribution in [2.75, 3.05) is 0 Å². The summed E-state index contributed by atoms with van der Waals surface area (Å²) in [6.07, 6.45) is 1.95. The Kier molecular flexibility index (Phi) is 2.22. The van der Waals surface area contributed by atoms with E-state index in [9.17, 15) is 0 Å². The van der Waals surface area contributed by atoms with Crippen LogP contribution in [0, 0.1) is 13.8 Å². The predicted octanol–water partition coefficient (Wildman–Crippen LogP) is 3.00. The number of hydrogen-bond acceptors (Lipinski definition) is 1. The molecule has 1 nitrogen and oxygen atoms in total. The molecule has 0 saturated carbocycles. The highest BCUT2D eigenvalue weighted by atomic mass is 14.7. The minimum Gasteiger partial charge on any atom is -0.261 e. The minimum absolute atomic E-state index is 0.234. The lowest BCUT2D eigenvalue weighted by Crippen LogP contribution is -2.13. The van der Waals surface area contributed by atoms with Crippen molar-refractivity contribution in [2.24, 2.45) is 0 Å². The molecule has 1 heteroatoms. The van der Waals surface area contributed by atoms with E-state index in [-0.39, 0.29) is 5.41 Å². The maximum absolute atomic E-state index is 4.25. The van der Waals surface area contributed by atoms with Gasteiger partial charge in [0.1, 0.15) is 0 Å². The smallest absolute Gasteiger partial charge is 0.0375 e. The molecule has 0 aliphatic heterocycles. The molecule has 0 atom stereocenters. The van der Waals surface area contributed by atoms with Crippen LogP contribution in [0.1, 0.15) is 37.6 Å². The first-order valence-electron chi connectivity index (χ1n) is 4.35. The normalized spacial score (nSPS) is 11.8. The summed E-state index contributed by atoms with van der Waals surface area (Å²) in [5.41, 5.74) is 4.02. The summed E-state index contributed by atoms with van der Waals surface area (Å²) < 4.78 is 0. The fourth-order valence-corrected chi connectivity index (χ4v) is 1.44. The van der Waals surface area contributed by atoms with Gasteiger partial charge in [0.05, 0.1) is 0 Å². The zero-order valence-electron chi connectivity index (χ0n) is 8.60. The van der Waals surface area contributed by atoms with Crippen LogP contribution in [-0.2, 0) is 5.41 Å². The van der Waals surface area contributed by atoms with Gasteiger partial charge in [-0.1, -0.05) is 20.8 Å². The molecule has 1 heterocycles. The summed E-state index contributed by atoms with van der Waals surface area (Å²) in [6, 6.07) is 2.18. The molecule has 0 bridgehead atoms. The van der Waals surface area contributed by atoms with E-state index >= 15 is 0 Å². The Labute approximate surface area is 74.8 Å². The molecule has 1 aromatic rings. The molecule has 0 aliphatic rings. The van der Waals surface area contributed by atoms with Crippen LogP contribution in [0.15, 0.2) is 12.3 Å². The molecule has 0 N–H and O–H groups in total. The molecule has 66 valence electrons. The maximum atomic E-state index is 4.25. The number of rotatable bonds is 0. The number of nitrogens with zero attached hydrogens (tertiary/aromatic N) is 1. The van der Waals surface area contributed by atoms with Crippen LogP contribution in [0.25, 0.3) is 0 Å². The van der Waals surface area contributed by atoms with Gasteiger partial charge in [-0.25, -0.2) is 0 Å². The predicted molar refractivity (Wildman–Crippen MR) is 52.4 cm³/mol. The van der Waals surface area contributed by atoms with Crippen LogP contribution < -0.4 is 0 Å². The van der Waals surface area contributed by atoms with Gasteiger partial charge >= 0.3 is 0 Å².